The number of amides is 3. The molecule has 0 atom stereocenters. The molecule has 246 valence electrons. The van der Waals surface area contributed by atoms with E-state index < -0.39 is 0 Å². The Morgan fingerprint density at radius 3 is 2.17 bits per heavy atom. The van der Waals surface area contributed by atoms with Crippen molar-refractivity contribution in [2.24, 2.45) is 5.92 Å². The number of piperidine rings is 1. The number of likely N-dealkylation sites (tertiary alicyclic amines) is 1. The number of benzene rings is 3. The van der Waals surface area contributed by atoms with Crippen LogP contribution in [0, 0.1) is 5.92 Å². The molecule has 0 unspecified atom stereocenters. The largest absolute Gasteiger partial charge is 0.378 e. The Balaban J connectivity index is 0.990. The standard InChI is InChI=1S/C38H45N5O3S/c1-2-3-7-31-27-36(41-22-24-46-25-23-41)47-43(28-31)35-16-14-34(15-17-35)40-38(45)39-33-12-10-32(11-13-33)37(44)42-20-18-30(19-21-42)26-29-8-5-4-6-9-29/h4-6,8-17,27-28,30H,2-3,7,18-26H2,1H3,(H2,39,40,45). The number of morpholine rings is 1. The topological polar surface area (TPSA) is 77.2 Å². The summed E-state index contributed by atoms with van der Waals surface area (Å²) in [7, 11) is 0. The molecule has 0 aromatic heterocycles. The number of allylic oxidation sites excluding steroid dienone is 2. The predicted molar refractivity (Wildman–Crippen MR) is 192 cm³/mol. The van der Waals surface area contributed by atoms with E-state index in [2.05, 4.69) is 63.3 Å². The summed E-state index contributed by atoms with van der Waals surface area (Å²) in [6.45, 7) is 7.08. The molecule has 0 bridgehead atoms. The first-order chi connectivity index (χ1) is 23.0. The smallest absolute Gasteiger partial charge is 0.323 e. The number of ether oxygens (including phenoxy) is 1. The quantitative estimate of drug-likeness (QED) is 0.216. The summed E-state index contributed by atoms with van der Waals surface area (Å²) in [5.41, 5.74) is 5.72. The van der Waals surface area contributed by atoms with Crippen LogP contribution in [0.25, 0.3) is 0 Å². The molecule has 0 saturated carbocycles. The molecule has 0 radical (unpaired) electrons. The number of nitrogens with zero attached hydrogens (tertiary/aromatic N) is 3. The van der Waals surface area contributed by atoms with Gasteiger partial charge in [-0.25, -0.2) is 4.79 Å². The third-order valence-electron chi connectivity index (χ3n) is 8.96. The number of carbonyl (C=O) groups is 2. The maximum absolute atomic E-state index is 13.2. The van der Waals surface area contributed by atoms with Gasteiger partial charge in [0, 0.05) is 61.3 Å². The van der Waals surface area contributed by atoms with Gasteiger partial charge in [-0.2, -0.15) is 0 Å². The highest BCUT2D eigenvalue weighted by atomic mass is 32.2. The van der Waals surface area contributed by atoms with Crippen LogP contribution in [0.1, 0.15) is 54.9 Å². The van der Waals surface area contributed by atoms with Crippen LogP contribution in [-0.4, -0.2) is 61.1 Å². The highest BCUT2D eigenvalue weighted by Crippen LogP contribution is 2.37. The highest BCUT2D eigenvalue weighted by molar-refractivity contribution is 8.04. The van der Waals surface area contributed by atoms with Crippen molar-refractivity contribution in [1.29, 1.82) is 0 Å². The number of carbonyl (C=O) groups excluding carboxylic acids is 2. The molecule has 3 amide bonds. The molecule has 47 heavy (non-hydrogen) atoms. The lowest BCUT2D eigenvalue weighted by molar-refractivity contribution is 0.0576. The Labute approximate surface area is 283 Å². The van der Waals surface area contributed by atoms with Crippen molar-refractivity contribution in [1.82, 2.24) is 9.80 Å². The molecular weight excluding hydrogens is 607 g/mol. The highest BCUT2D eigenvalue weighted by Gasteiger charge is 2.24. The van der Waals surface area contributed by atoms with Gasteiger partial charge in [-0.1, -0.05) is 43.7 Å². The Kier molecular flexibility index (Phi) is 11.2. The van der Waals surface area contributed by atoms with Crippen molar-refractivity contribution in [3.05, 3.63) is 113 Å². The summed E-state index contributed by atoms with van der Waals surface area (Å²) < 4.78 is 7.79. The minimum absolute atomic E-state index is 0.0472. The van der Waals surface area contributed by atoms with E-state index in [-0.39, 0.29) is 11.9 Å². The second-order valence-electron chi connectivity index (χ2n) is 12.4. The maximum Gasteiger partial charge on any atom is 0.323 e. The molecule has 3 aliphatic heterocycles. The number of anilines is 3. The normalized spacial score (nSPS) is 17.2. The molecule has 3 aromatic carbocycles. The number of unbranched alkanes of at least 4 members (excludes halogenated alkanes) is 1. The lowest BCUT2D eigenvalue weighted by Crippen LogP contribution is -2.38. The van der Waals surface area contributed by atoms with Gasteiger partial charge in [0.05, 0.1) is 23.9 Å². The van der Waals surface area contributed by atoms with Gasteiger partial charge in [0.1, 0.15) is 0 Å². The van der Waals surface area contributed by atoms with Crippen LogP contribution in [-0.2, 0) is 11.2 Å². The first-order valence-corrected chi connectivity index (χ1v) is 17.6. The summed E-state index contributed by atoms with van der Waals surface area (Å²) in [5, 5.41) is 7.07. The van der Waals surface area contributed by atoms with Gasteiger partial charge in [-0.15, -0.1) is 0 Å². The van der Waals surface area contributed by atoms with Crippen molar-refractivity contribution in [2.75, 3.05) is 54.3 Å². The molecule has 9 heteroatoms. The van der Waals surface area contributed by atoms with E-state index >= 15 is 0 Å². The summed E-state index contributed by atoms with van der Waals surface area (Å²) in [5.74, 6) is 0.656. The summed E-state index contributed by atoms with van der Waals surface area (Å²) in [6, 6.07) is 25.3. The number of nitrogens with one attached hydrogen (secondary N) is 2. The van der Waals surface area contributed by atoms with Gasteiger partial charge in [-0.05, 0) is 104 Å². The Hall–Kier alpha value is -4.21. The van der Waals surface area contributed by atoms with E-state index in [1.54, 1.807) is 36.2 Å². The lowest BCUT2D eigenvalue weighted by atomic mass is 9.90. The van der Waals surface area contributed by atoms with E-state index in [0.717, 1.165) is 83.6 Å². The maximum atomic E-state index is 13.2. The van der Waals surface area contributed by atoms with Crippen LogP contribution in [0.3, 0.4) is 0 Å². The molecule has 3 aliphatic rings. The second-order valence-corrected chi connectivity index (χ2v) is 13.4. The summed E-state index contributed by atoms with van der Waals surface area (Å²) >= 11 is 1.72. The average Bonchev–Trinajstić information content (AvgIpc) is 3.12. The minimum atomic E-state index is -0.330. The second kappa shape index (κ2) is 16.1. The molecule has 3 aromatic rings. The van der Waals surface area contributed by atoms with Gasteiger partial charge in [0.15, 0.2) is 0 Å². The van der Waals surface area contributed by atoms with E-state index in [1.165, 1.54) is 16.2 Å². The van der Waals surface area contributed by atoms with Crippen LogP contribution in [0.15, 0.2) is 102 Å². The zero-order valence-corrected chi connectivity index (χ0v) is 28.0. The lowest BCUT2D eigenvalue weighted by Gasteiger charge is -2.35. The van der Waals surface area contributed by atoms with Crippen LogP contribution in [0.5, 0.6) is 0 Å². The first-order valence-electron chi connectivity index (χ1n) is 16.9. The fourth-order valence-electron chi connectivity index (χ4n) is 6.23. The third-order valence-corrected chi connectivity index (χ3v) is 10.0. The fourth-order valence-corrected chi connectivity index (χ4v) is 7.35. The molecule has 0 aliphatic carbocycles. The number of rotatable bonds is 10. The Bertz CT molecular complexity index is 1540. The summed E-state index contributed by atoms with van der Waals surface area (Å²) in [4.78, 5) is 30.3. The van der Waals surface area contributed by atoms with Crippen molar-refractivity contribution < 1.29 is 14.3 Å². The van der Waals surface area contributed by atoms with Crippen LogP contribution >= 0.6 is 11.9 Å². The van der Waals surface area contributed by atoms with Gasteiger partial charge in [-0.3, -0.25) is 9.10 Å². The molecule has 8 nitrogen and oxygen atoms in total. The average molecular weight is 652 g/mol. The first kappa shape index (κ1) is 32.7. The van der Waals surface area contributed by atoms with E-state index in [4.69, 9.17) is 4.74 Å². The number of hydrogen-bond donors (Lipinski definition) is 2. The van der Waals surface area contributed by atoms with Crippen molar-refractivity contribution in [3.8, 4) is 0 Å². The van der Waals surface area contributed by atoms with Gasteiger partial charge < -0.3 is 25.2 Å². The van der Waals surface area contributed by atoms with Gasteiger partial charge in [0.2, 0.25) is 0 Å². The molecular formula is C38H45N5O3S. The van der Waals surface area contributed by atoms with Crippen molar-refractivity contribution in [3.63, 3.8) is 0 Å². The molecule has 2 saturated heterocycles. The van der Waals surface area contributed by atoms with Crippen LogP contribution in [0.4, 0.5) is 21.9 Å². The number of hydrogen-bond acceptors (Lipinski definition) is 6. The van der Waals surface area contributed by atoms with Crippen LogP contribution < -0.4 is 14.9 Å². The molecule has 2 fully saturated rings. The molecule has 3 heterocycles. The zero-order chi connectivity index (χ0) is 32.4. The van der Waals surface area contributed by atoms with Crippen molar-refractivity contribution >= 4 is 40.9 Å². The van der Waals surface area contributed by atoms with E-state index in [0.29, 0.717) is 22.9 Å². The summed E-state index contributed by atoms with van der Waals surface area (Å²) in [6.07, 6.45) is 11.0. The molecule has 2 N–H and O–H groups in total. The van der Waals surface area contributed by atoms with Gasteiger partial charge >= 0.3 is 6.03 Å². The predicted octanol–water partition coefficient (Wildman–Crippen LogP) is 8.14. The minimum Gasteiger partial charge on any atom is -0.378 e. The van der Waals surface area contributed by atoms with Gasteiger partial charge in [0.25, 0.3) is 5.91 Å². The van der Waals surface area contributed by atoms with E-state index in [1.807, 2.05) is 35.2 Å². The van der Waals surface area contributed by atoms with E-state index in [9.17, 15) is 9.59 Å². The molecule has 6 rings (SSSR count). The van der Waals surface area contributed by atoms with Crippen molar-refractivity contribution in [2.45, 2.75) is 45.4 Å². The zero-order valence-electron chi connectivity index (χ0n) is 27.2. The molecule has 0 spiro atoms. The number of urea groups is 1. The third kappa shape index (κ3) is 8.99. The monoisotopic (exact) mass is 651 g/mol. The Morgan fingerprint density at radius 1 is 0.851 bits per heavy atom. The SMILES string of the molecule is CCCCC1=CN(c2ccc(NC(=O)Nc3ccc(C(=O)N4CCC(Cc5ccccc5)CC4)cc3)cc2)SC(N2CCOCC2)=C1. The fraction of sp³-hybridized carbons (Fsp3) is 0.368. The van der Waals surface area contributed by atoms with Crippen LogP contribution in [0.2, 0.25) is 0 Å². The Morgan fingerprint density at radius 2 is 1.51 bits per heavy atom.